The number of rotatable bonds is 5. The van der Waals surface area contributed by atoms with Crippen molar-refractivity contribution in [1.82, 2.24) is 15.5 Å². The first kappa shape index (κ1) is 12.4. The van der Waals surface area contributed by atoms with E-state index in [1.807, 2.05) is 0 Å². The van der Waals surface area contributed by atoms with E-state index in [9.17, 15) is 8.78 Å². The molecule has 7 heteroatoms. The zero-order valence-electron chi connectivity index (χ0n) is 9.56. The minimum atomic E-state index is -2.86. The fourth-order valence-corrected chi connectivity index (χ4v) is 1.41. The second-order valence-corrected chi connectivity index (χ2v) is 3.45. The van der Waals surface area contributed by atoms with Crippen molar-refractivity contribution in [3.63, 3.8) is 0 Å². The molecule has 96 valence electrons. The van der Waals surface area contributed by atoms with Crippen molar-refractivity contribution in [3.8, 4) is 17.2 Å². The lowest BCUT2D eigenvalue weighted by atomic mass is 10.2. The van der Waals surface area contributed by atoms with Crippen LogP contribution in [0.15, 0.2) is 28.8 Å². The zero-order chi connectivity index (χ0) is 13.0. The van der Waals surface area contributed by atoms with Crippen molar-refractivity contribution in [3.05, 3.63) is 30.1 Å². The van der Waals surface area contributed by atoms with Crippen LogP contribution in [0.3, 0.4) is 0 Å². The van der Waals surface area contributed by atoms with Crippen LogP contribution in [0.5, 0.6) is 5.75 Å². The van der Waals surface area contributed by atoms with Gasteiger partial charge in [0.05, 0.1) is 6.54 Å². The van der Waals surface area contributed by atoms with Gasteiger partial charge in [0.2, 0.25) is 0 Å². The molecule has 0 bridgehead atoms. The molecule has 1 heterocycles. The van der Waals surface area contributed by atoms with Crippen LogP contribution >= 0.6 is 0 Å². The monoisotopic (exact) mass is 255 g/mol. The van der Waals surface area contributed by atoms with Gasteiger partial charge in [-0.3, -0.25) is 0 Å². The molecule has 0 amide bonds. The summed E-state index contributed by atoms with van der Waals surface area (Å²) in [7, 11) is 1.76. The van der Waals surface area contributed by atoms with Crippen molar-refractivity contribution in [2.45, 2.75) is 13.2 Å². The Hall–Kier alpha value is -2.02. The number of halogens is 2. The quantitative estimate of drug-likeness (QED) is 0.886. The number of benzene rings is 1. The minimum absolute atomic E-state index is 0.0517. The Balaban J connectivity index is 2.21. The average molecular weight is 255 g/mol. The molecule has 2 aromatic rings. The van der Waals surface area contributed by atoms with E-state index >= 15 is 0 Å². The third-order valence-electron chi connectivity index (χ3n) is 2.11. The van der Waals surface area contributed by atoms with Gasteiger partial charge >= 0.3 is 6.61 Å². The summed E-state index contributed by atoms with van der Waals surface area (Å²) in [6, 6.07) is 6.10. The Morgan fingerprint density at radius 2 is 2.28 bits per heavy atom. The standard InChI is InChI=1S/C11H11F2N3O2/c1-14-6-9-15-10(18-16-9)7-3-2-4-8(5-7)17-11(12)13/h2-5,11,14H,6H2,1H3. The first-order valence-electron chi connectivity index (χ1n) is 5.21. The number of nitrogens with one attached hydrogen (secondary N) is 1. The van der Waals surface area contributed by atoms with Crippen LogP contribution in [0.2, 0.25) is 0 Å². The third kappa shape index (κ3) is 3.01. The molecule has 0 fully saturated rings. The van der Waals surface area contributed by atoms with Crippen LogP contribution in [0.4, 0.5) is 8.78 Å². The first-order chi connectivity index (χ1) is 8.69. The van der Waals surface area contributed by atoms with Gasteiger partial charge in [-0.25, -0.2) is 0 Å². The molecule has 1 aromatic heterocycles. The van der Waals surface area contributed by atoms with Gasteiger partial charge < -0.3 is 14.6 Å². The normalized spacial score (nSPS) is 10.9. The molecule has 1 N–H and O–H groups in total. The van der Waals surface area contributed by atoms with Crippen LogP contribution in [0.25, 0.3) is 11.5 Å². The third-order valence-corrected chi connectivity index (χ3v) is 2.11. The van der Waals surface area contributed by atoms with Crippen LogP contribution in [0.1, 0.15) is 5.82 Å². The number of aromatic nitrogens is 2. The van der Waals surface area contributed by atoms with Gasteiger partial charge in [0.25, 0.3) is 5.89 Å². The molecule has 0 radical (unpaired) electrons. The SMILES string of the molecule is CNCc1noc(-c2cccc(OC(F)F)c2)n1. The summed E-state index contributed by atoms with van der Waals surface area (Å²) in [5.74, 6) is 0.809. The topological polar surface area (TPSA) is 60.2 Å². The van der Waals surface area contributed by atoms with Gasteiger partial charge in [-0.15, -0.1) is 0 Å². The minimum Gasteiger partial charge on any atom is -0.435 e. The zero-order valence-corrected chi connectivity index (χ0v) is 9.56. The maximum absolute atomic E-state index is 12.1. The first-order valence-corrected chi connectivity index (χ1v) is 5.21. The van der Waals surface area contributed by atoms with E-state index in [1.54, 1.807) is 19.2 Å². The smallest absolute Gasteiger partial charge is 0.387 e. The fourth-order valence-electron chi connectivity index (χ4n) is 1.41. The van der Waals surface area contributed by atoms with E-state index in [2.05, 4.69) is 20.2 Å². The van der Waals surface area contributed by atoms with Crippen molar-refractivity contribution in [2.75, 3.05) is 7.05 Å². The Labute approximate surface area is 102 Å². The van der Waals surface area contributed by atoms with E-state index in [1.165, 1.54) is 12.1 Å². The summed E-state index contributed by atoms with van der Waals surface area (Å²) in [5.41, 5.74) is 0.531. The maximum Gasteiger partial charge on any atom is 0.387 e. The van der Waals surface area contributed by atoms with E-state index in [0.29, 0.717) is 17.9 Å². The largest absolute Gasteiger partial charge is 0.435 e. The Morgan fingerprint density at radius 3 is 3.00 bits per heavy atom. The lowest BCUT2D eigenvalue weighted by Gasteiger charge is -2.04. The van der Waals surface area contributed by atoms with Crippen molar-refractivity contribution >= 4 is 0 Å². The maximum atomic E-state index is 12.1. The molecule has 0 aliphatic carbocycles. The molecular weight excluding hydrogens is 244 g/mol. The highest BCUT2D eigenvalue weighted by Crippen LogP contribution is 2.23. The molecule has 0 saturated heterocycles. The number of alkyl halides is 2. The van der Waals surface area contributed by atoms with Crippen LogP contribution < -0.4 is 10.1 Å². The number of nitrogens with zero attached hydrogens (tertiary/aromatic N) is 2. The number of ether oxygens (including phenoxy) is 1. The molecule has 0 aliphatic heterocycles. The van der Waals surface area contributed by atoms with Gasteiger partial charge in [-0.2, -0.15) is 13.8 Å². The lowest BCUT2D eigenvalue weighted by Crippen LogP contribution is -2.06. The van der Waals surface area contributed by atoms with Crippen molar-refractivity contribution in [2.24, 2.45) is 0 Å². The molecular formula is C11H11F2N3O2. The fraction of sp³-hybridized carbons (Fsp3) is 0.273. The second-order valence-electron chi connectivity index (χ2n) is 3.45. The molecule has 1 aromatic carbocycles. The Kier molecular flexibility index (Phi) is 3.83. The second kappa shape index (κ2) is 5.54. The van der Waals surface area contributed by atoms with Crippen LogP contribution in [-0.2, 0) is 6.54 Å². The van der Waals surface area contributed by atoms with Gasteiger partial charge in [0.15, 0.2) is 5.82 Å². The predicted octanol–water partition coefficient (Wildman–Crippen LogP) is 2.06. The summed E-state index contributed by atoms with van der Waals surface area (Å²) in [4.78, 5) is 4.11. The predicted molar refractivity (Wildman–Crippen MR) is 59.1 cm³/mol. The van der Waals surface area contributed by atoms with Gasteiger partial charge in [0.1, 0.15) is 5.75 Å². The molecule has 0 unspecified atom stereocenters. The summed E-state index contributed by atoms with van der Waals surface area (Å²) in [5, 5.41) is 6.61. The molecule has 18 heavy (non-hydrogen) atoms. The highest BCUT2D eigenvalue weighted by molar-refractivity contribution is 5.55. The summed E-state index contributed by atoms with van der Waals surface area (Å²) >= 11 is 0. The van der Waals surface area contributed by atoms with E-state index in [-0.39, 0.29) is 11.6 Å². The molecule has 0 spiro atoms. The highest BCUT2D eigenvalue weighted by atomic mass is 19.3. The van der Waals surface area contributed by atoms with Gasteiger partial charge in [-0.05, 0) is 25.2 Å². The van der Waals surface area contributed by atoms with Gasteiger partial charge in [0, 0.05) is 5.56 Å². The molecule has 0 atom stereocenters. The van der Waals surface area contributed by atoms with Crippen LogP contribution in [0, 0.1) is 0 Å². The van der Waals surface area contributed by atoms with E-state index < -0.39 is 6.61 Å². The molecule has 0 saturated carbocycles. The Morgan fingerprint density at radius 1 is 1.44 bits per heavy atom. The average Bonchev–Trinajstić information content (AvgIpc) is 2.78. The number of hydrogen-bond acceptors (Lipinski definition) is 5. The van der Waals surface area contributed by atoms with Crippen molar-refractivity contribution < 1.29 is 18.0 Å². The van der Waals surface area contributed by atoms with Crippen LogP contribution in [-0.4, -0.2) is 23.8 Å². The number of hydrogen-bond donors (Lipinski definition) is 1. The summed E-state index contributed by atoms with van der Waals surface area (Å²) < 4.78 is 33.5. The summed E-state index contributed by atoms with van der Waals surface area (Å²) in [6.07, 6.45) is 0. The molecule has 5 nitrogen and oxygen atoms in total. The van der Waals surface area contributed by atoms with Gasteiger partial charge in [-0.1, -0.05) is 11.2 Å². The summed E-state index contributed by atoms with van der Waals surface area (Å²) in [6.45, 7) is -2.39. The molecule has 0 aliphatic rings. The lowest BCUT2D eigenvalue weighted by molar-refractivity contribution is -0.0498. The van der Waals surface area contributed by atoms with Crippen molar-refractivity contribution in [1.29, 1.82) is 0 Å². The molecule has 2 rings (SSSR count). The Bertz CT molecular complexity index is 516. The highest BCUT2D eigenvalue weighted by Gasteiger charge is 2.10. The van der Waals surface area contributed by atoms with E-state index in [0.717, 1.165) is 0 Å². The van der Waals surface area contributed by atoms with E-state index in [4.69, 9.17) is 4.52 Å².